The van der Waals surface area contributed by atoms with Crippen LogP contribution in [0.1, 0.15) is 43.1 Å². The van der Waals surface area contributed by atoms with Crippen LogP contribution in [0.2, 0.25) is 0 Å². The highest BCUT2D eigenvalue weighted by molar-refractivity contribution is 5.94. The van der Waals surface area contributed by atoms with Crippen molar-refractivity contribution in [2.24, 2.45) is 5.92 Å². The lowest BCUT2D eigenvalue weighted by atomic mass is 10.1. The van der Waals surface area contributed by atoms with E-state index < -0.39 is 0 Å². The van der Waals surface area contributed by atoms with Crippen LogP contribution >= 0.6 is 0 Å². The van der Waals surface area contributed by atoms with Gasteiger partial charge in [-0.25, -0.2) is 4.98 Å². The second-order valence-corrected chi connectivity index (χ2v) is 6.81. The fourth-order valence-electron chi connectivity index (χ4n) is 2.80. The lowest BCUT2D eigenvalue weighted by Crippen LogP contribution is -2.23. The van der Waals surface area contributed by atoms with Gasteiger partial charge in [-0.05, 0) is 49.1 Å². The van der Waals surface area contributed by atoms with Crippen LogP contribution in [0.15, 0.2) is 36.5 Å². The van der Waals surface area contributed by atoms with Crippen LogP contribution in [-0.4, -0.2) is 31.2 Å². The number of methoxy groups -OCH3 is 2. The largest absolute Gasteiger partial charge is 0.493 e. The maximum absolute atomic E-state index is 12.4. The van der Waals surface area contributed by atoms with E-state index in [1.807, 2.05) is 19.1 Å². The van der Waals surface area contributed by atoms with Crippen LogP contribution < -0.4 is 19.5 Å². The predicted octanol–water partition coefficient (Wildman–Crippen LogP) is 3.84. The van der Waals surface area contributed by atoms with E-state index in [-0.39, 0.29) is 12.0 Å². The minimum Gasteiger partial charge on any atom is -0.493 e. The average Bonchev–Trinajstić information content (AvgIpc) is 2.65. The molecule has 0 bridgehead atoms. The third kappa shape index (κ3) is 6.16. The molecule has 0 aliphatic carbocycles. The van der Waals surface area contributed by atoms with Gasteiger partial charge in [0.05, 0.1) is 20.3 Å². The molecule has 6 heteroatoms. The smallest absolute Gasteiger partial charge is 0.251 e. The fraction of sp³-hybridized carbons (Fsp3) is 0.429. The number of aromatic nitrogens is 1. The van der Waals surface area contributed by atoms with Crippen LogP contribution in [0.4, 0.5) is 0 Å². The highest BCUT2D eigenvalue weighted by atomic mass is 16.5. The van der Waals surface area contributed by atoms with E-state index >= 15 is 0 Å². The van der Waals surface area contributed by atoms with Gasteiger partial charge in [0.1, 0.15) is 0 Å². The van der Waals surface area contributed by atoms with Gasteiger partial charge in [-0.15, -0.1) is 0 Å². The number of nitrogens with zero attached hydrogens (tertiary/aromatic N) is 1. The molecule has 1 N–H and O–H groups in total. The van der Waals surface area contributed by atoms with Crippen LogP contribution in [-0.2, 0) is 6.54 Å². The Morgan fingerprint density at radius 2 is 1.81 bits per heavy atom. The van der Waals surface area contributed by atoms with Crippen molar-refractivity contribution in [2.75, 3.05) is 14.2 Å². The van der Waals surface area contributed by atoms with Gasteiger partial charge < -0.3 is 19.5 Å². The van der Waals surface area contributed by atoms with E-state index in [9.17, 15) is 4.79 Å². The van der Waals surface area contributed by atoms with Gasteiger partial charge in [0.15, 0.2) is 11.5 Å². The molecule has 0 fully saturated rings. The first-order valence-corrected chi connectivity index (χ1v) is 9.04. The van der Waals surface area contributed by atoms with E-state index in [0.717, 1.165) is 12.0 Å². The number of ether oxygens (including phenoxy) is 3. The zero-order valence-corrected chi connectivity index (χ0v) is 16.6. The molecular weight excluding hydrogens is 344 g/mol. The molecule has 1 aromatic heterocycles. The quantitative estimate of drug-likeness (QED) is 0.724. The average molecular weight is 372 g/mol. The summed E-state index contributed by atoms with van der Waals surface area (Å²) in [6, 6.07) is 8.77. The number of carbonyl (C=O) groups excluding carboxylic acids is 1. The number of nitrogens with one attached hydrogen (secondary N) is 1. The summed E-state index contributed by atoms with van der Waals surface area (Å²) in [6.45, 7) is 6.73. The number of carbonyl (C=O) groups is 1. The normalized spacial score (nSPS) is 11.8. The number of amides is 1. The lowest BCUT2D eigenvalue weighted by molar-refractivity contribution is 0.0950. The van der Waals surface area contributed by atoms with Crippen molar-refractivity contribution in [1.29, 1.82) is 0 Å². The summed E-state index contributed by atoms with van der Waals surface area (Å²) in [7, 11) is 3.10. The van der Waals surface area contributed by atoms with Gasteiger partial charge in [-0.3, -0.25) is 4.79 Å². The Hall–Kier alpha value is -2.76. The summed E-state index contributed by atoms with van der Waals surface area (Å²) < 4.78 is 16.3. The van der Waals surface area contributed by atoms with Gasteiger partial charge in [-0.1, -0.05) is 13.8 Å². The highest BCUT2D eigenvalue weighted by Crippen LogP contribution is 2.27. The Bertz CT molecular complexity index is 762. The molecule has 0 spiro atoms. The molecular formula is C21H28N2O4. The van der Waals surface area contributed by atoms with Crippen molar-refractivity contribution in [2.45, 2.75) is 39.8 Å². The molecule has 146 valence electrons. The van der Waals surface area contributed by atoms with Crippen molar-refractivity contribution >= 4 is 5.91 Å². The zero-order chi connectivity index (χ0) is 19.8. The Labute approximate surface area is 160 Å². The second-order valence-electron chi connectivity index (χ2n) is 6.81. The first-order valence-electron chi connectivity index (χ1n) is 9.04. The van der Waals surface area contributed by atoms with Crippen molar-refractivity contribution in [3.63, 3.8) is 0 Å². The molecule has 0 saturated heterocycles. The molecule has 1 amide bonds. The van der Waals surface area contributed by atoms with Crippen molar-refractivity contribution in [3.8, 4) is 17.4 Å². The molecule has 2 rings (SSSR count). The number of pyridine rings is 1. The van der Waals surface area contributed by atoms with Crippen molar-refractivity contribution < 1.29 is 19.0 Å². The topological polar surface area (TPSA) is 69.7 Å². The third-order valence-corrected chi connectivity index (χ3v) is 4.02. The second kappa shape index (κ2) is 9.80. The van der Waals surface area contributed by atoms with Crippen LogP contribution in [0.25, 0.3) is 0 Å². The number of hydrogen-bond donors (Lipinski definition) is 1. The SMILES string of the molecule is COc1ccc(C(=O)NCc2ccnc(OC(C)CC(C)C)c2)cc1OC. The molecule has 1 atom stereocenters. The Morgan fingerprint density at radius 3 is 2.48 bits per heavy atom. The highest BCUT2D eigenvalue weighted by Gasteiger charge is 2.11. The Morgan fingerprint density at radius 1 is 1.07 bits per heavy atom. The van der Waals surface area contributed by atoms with Crippen LogP contribution in [0, 0.1) is 5.92 Å². The molecule has 1 heterocycles. The van der Waals surface area contributed by atoms with E-state index in [4.69, 9.17) is 14.2 Å². The zero-order valence-electron chi connectivity index (χ0n) is 16.6. The summed E-state index contributed by atoms with van der Waals surface area (Å²) in [5, 5.41) is 2.90. The fourth-order valence-corrected chi connectivity index (χ4v) is 2.80. The van der Waals surface area contributed by atoms with Gasteiger partial charge in [0.25, 0.3) is 5.91 Å². The standard InChI is InChI=1S/C21H28N2O4/c1-14(2)10-15(3)27-20-11-16(8-9-22-20)13-23-21(24)17-6-7-18(25-4)19(12-17)26-5/h6-9,11-12,14-15H,10,13H2,1-5H3,(H,23,24). The molecule has 2 aromatic rings. The van der Waals surface area contributed by atoms with Crippen molar-refractivity contribution in [3.05, 3.63) is 47.7 Å². The number of hydrogen-bond acceptors (Lipinski definition) is 5. The minimum atomic E-state index is -0.191. The summed E-state index contributed by atoms with van der Waals surface area (Å²) in [4.78, 5) is 16.7. The lowest BCUT2D eigenvalue weighted by Gasteiger charge is -2.16. The summed E-state index contributed by atoms with van der Waals surface area (Å²) >= 11 is 0. The maximum atomic E-state index is 12.4. The molecule has 0 aliphatic heterocycles. The van der Waals surface area contributed by atoms with Crippen molar-refractivity contribution in [1.82, 2.24) is 10.3 Å². The molecule has 27 heavy (non-hydrogen) atoms. The first-order chi connectivity index (χ1) is 12.9. The Balaban J connectivity index is 1.98. The third-order valence-electron chi connectivity index (χ3n) is 4.02. The number of benzene rings is 1. The first kappa shape index (κ1) is 20.6. The summed E-state index contributed by atoms with van der Waals surface area (Å²) in [5.41, 5.74) is 1.43. The molecule has 0 saturated carbocycles. The van der Waals surface area contributed by atoms with E-state index in [0.29, 0.717) is 35.4 Å². The predicted molar refractivity (Wildman–Crippen MR) is 104 cm³/mol. The van der Waals surface area contributed by atoms with Crippen LogP contribution in [0.3, 0.4) is 0 Å². The van der Waals surface area contributed by atoms with Gasteiger partial charge in [0, 0.05) is 24.4 Å². The minimum absolute atomic E-state index is 0.0918. The van der Waals surface area contributed by atoms with Crippen LogP contribution in [0.5, 0.6) is 17.4 Å². The molecule has 1 aromatic carbocycles. The van der Waals surface area contributed by atoms with E-state index in [1.165, 1.54) is 7.11 Å². The van der Waals surface area contributed by atoms with E-state index in [1.54, 1.807) is 31.5 Å². The Kier molecular flexibility index (Phi) is 7.46. The van der Waals surface area contributed by atoms with Gasteiger partial charge >= 0.3 is 0 Å². The summed E-state index contributed by atoms with van der Waals surface area (Å²) in [6.07, 6.45) is 2.74. The molecule has 1 unspecified atom stereocenters. The maximum Gasteiger partial charge on any atom is 0.251 e. The monoisotopic (exact) mass is 372 g/mol. The molecule has 0 aliphatic rings. The molecule has 0 radical (unpaired) electrons. The van der Waals surface area contributed by atoms with E-state index in [2.05, 4.69) is 24.1 Å². The van der Waals surface area contributed by atoms with Gasteiger partial charge in [0.2, 0.25) is 5.88 Å². The summed E-state index contributed by atoms with van der Waals surface area (Å²) in [5.74, 6) is 2.04. The number of rotatable bonds is 9. The molecule has 6 nitrogen and oxygen atoms in total. The van der Waals surface area contributed by atoms with Gasteiger partial charge in [-0.2, -0.15) is 0 Å².